The van der Waals surface area contributed by atoms with Gasteiger partial charge in [0.2, 0.25) is 0 Å². The van der Waals surface area contributed by atoms with Crippen molar-refractivity contribution in [2.45, 2.75) is 16.2 Å². The Morgan fingerprint density at radius 1 is 1.33 bits per heavy atom. The first-order chi connectivity index (χ1) is 11.1. The van der Waals surface area contributed by atoms with Gasteiger partial charge in [0.25, 0.3) is 0 Å². The van der Waals surface area contributed by atoms with Crippen molar-refractivity contribution in [3.05, 3.63) is 36.5 Å². The van der Waals surface area contributed by atoms with Gasteiger partial charge in [-0.25, -0.2) is 13.3 Å². The Bertz CT molecular complexity index is 661. The van der Waals surface area contributed by atoms with Crippen molar-refractivity contribution in [2.24, 2.45) is 11.5 Å². The fourth-order valence-corrected chi connectivity index (χ4v) is 2.68. The summed E-state index contributed by atoms with van der Waals surface area (Å²) < 4.78 is 27.5. The highest BCUT2D eigenvalue weighted by atomic mass is 32.2. The minimum atomic E-state index is -3.84. The van der Waals surface area contributed by atoms with Gasteiger partial charge < -0.3 is 21.4 Å². The smallest absolute Gasteiger partial charge is 0.183 e. The van der Waals surface area contributed by atoms with Crippen LogP contribution in [0.3, 0.4) is 0 Å². The zero-order chi connectivity index (χ0) is 18.8. The van der Waals surface area contributed by atoms with E-state index in [0.717, 1.165) is 12.0 Å². The molecule has 0 aromatic heterocycles. The molecule has 0 aliphatic rings. The summed E-state index contributed by atoms with van der Waals surface area (Å²) in [6, 6.07) is 5.54. The van der Waals surface area contributed by atoms with Crippen molar-refractivity contribution in [1.82, 2.24) is 0 Å². The van der Waals surface area contributed by atoms with Crippen molar-refractivity contribution < 1.29 is 27.5 Å². The Hall–Kier alpha value is -2.08. The number of amidine groups is 1. The molecule has 0 aliphatic carbocycles. The number of nitrogens with one attached hydrogen (secondary N) is 1. The number of rotatable bonds is 8. The lowest BCUT2D eigenvalue weighted by molar-refractivity contribution is -0.301. The van der Waals surface area contributed by atoms with Gasteiger partial charge in [0.1, 0.15) is 0 Å². The molecule has 24 heavy (non-hydrogen) atoms. The van der Waals surface area contributed by atoms with E-state index < -0.39 is 21.6 Å². The predicted molar refractivity (Wildman–Crippen MR) is 87.3 cm³/mol. The summed E-state index contributed by atoms with van der Waals surface area (Å²) >= 11 is 0.908. The molecular formula is C13H18N3O6S2-. The molecular weight excluding hydrogens is 358 g/mol. The largest absolute Gasteiger partial charge is 0.549 e. The Morgan fingerprint density at radius 2 is 1.88 bits per heavy atom. The molecule has 0 radical (unpaired) electrons. The molecule has 134 valence electrons. The minimum absolute atomic E-state index is 0.0625. The van der Waals surface area contributed by atoms with E-state index in [1.165, 1.54) is 31.4 Å². The van der Waals surface area contributed by atoms with Crippen LogP contribution in [0.15, 0.2) is 46.3 Å². The zero-order valence-corrected chi connectivity index (χ0v) is 14.5. The Labute approximate surface area is 144 Å². The van der Waals surface area contributed by atoms with Crippen LogP contribution in [0.1, 0.15) is 6.42 Å². The van der Waals surface area contributed by atoms with Crippen LogP contribution >= 0.6 is 12.0 Å². The third-order valence-electron chi connectivity index (χ3n) is 2.11. The third kappa shape index (κ3) is 9.84. The molecule has 1 rings (SSSR count). The quantitative estimate of drug-likeness (QED) is 0.179. The highest BCUT2D eigenvalue weighted by Crippen LogP contribution is 2.21. The normalized spacial score (nSPS) is 10.4. The number of carbonyl (C=O) groups excluding carboxylic acids is 1. The molecule has 0 atom stereocenters. The van der Waals surface area contributed by atoms with Gasteiger partial charge in [0.05, 0.1) is 41.6 Å². The maximum atomic E-state index is 11.5. The SMILES string of the molecule is C=C(N)CC(=N)N.COOSc1ccc(S(=O)(=O)CC(=O)[O-])cc1. The average molecular weight is 376 g/mol. The van der Waals surface area contributed by atoms with E-state index in [2.05, 4.69) is 15.8 Å². The first-order valence-corrected chi connectivity index (χ1v) is 8.64. The maximum Gasteiger partial charge on any atom is 0.183 e. The van der Waals surface area contributed by atoms with Gasteiger partial charge in [0, 0.05) is 17.0 Å². The minimum Gasteiger partial charge on any atom is -0.549 e. The van der Waals surface area contributed by atoms with Crippen LogP contribution in [0.25, 0.3) is 0 Å². The second-order valence-corrected chi connectivity index (χ2v) is 7.04. The number of carbonyl (C=O) groups is 1. The molecule has 1 aromatic rings. The van der Waals surface area contributed by atoms with Crippen LogP contribution in [-0.2, 0) is 23.9 Å². The molecule has 0 saturated heterocycles. The summed E-state index contributed by atoms with van der Waals surface area (Å²) in [7, 11) is -2.50. The lowest BCUT2D eigenvalue weighted by atomic mass is 10.3. The average Bonchev–Trinajstić information content (AvgIpc) is 2.43. The van der Waals surface area contributed by atoms with Crippen LogP contribution in [0.2, 0.25) is 0 Å². The van der Waals surface area contributed by atoms with Gasteiger partial charge in [-0.3, -0.25) is 5.41 Å². The van der Waals surface area contributed by atoms with Gasteiger partial charge in [-0.05, 0) is 24.3 Å². The van der Waals surface area contributed by atoms with E-state index in [1.54, 1.807) is 0 Å². The van der Waals surface area contributed by atoms with E-state index in [9.17, 15) is 18.3 Å². The van der Waals surface area contributed by atoms with Gasteiger partial charge in [-0.15, -0.1) is 0 Å². The number of aliphatic carboxylic acids is 1. The van der Waals surface area contributed by atoms with Crippen molar-refractivity contribution >= 4 is 33.7 Å². The second-order valence-electron chi connectivity index (χ2n) is 4.28. The monoisotopic (exact) mass is 376 g/mol. The van der Waals surface area contributed by atoms with Crippen LogP contribution in [0.4, 0.5) is 0 Å². The Kier molecular flexibility index (Phi) is 9.73. The van der Waals surface area contributed by atoms with Crippen LogP contribution in [0, 0.1) is 5.41 Å². The molecule has 9 nitrogen and oxygen atoms in total. The lowest BCUT2D eigenvalue weighted by Gasteiger charge is -2.05. The van der Waals surface area contributed by atoms with Crippen molar-refractivity contribution in [3.8, 4) is 0 Å². The van der Waals surface area contributed by atoms with E-state index >= 15 is 0 Å². The number of hydrogen-bond donors (Lipinski definition) is 3. The number of carboxylic acid groups (broad SMARTS) is 1. The van der Waals surface area contributed by atoms with Crippen molar-refractivity contribution in [1.29, 1.82) is 5.41 Å². The molecule has 0 spiro atoms. The Balaban J connectivity index is 0.000000640. The molecule has 0 saturated carbocycles. The van der Waals surface area contributed by atoms with Crippen LogP contribution in [0.5, 0.6) is 0 Å². The summed E-state index contributed by atoms with van der Waals surface area (Å²) in [6.07, 6.45) is 0.306. The third-order valence-corrected chi connectivity index (χ3v) is 4.38. The summed E-state index contributed by atoms with van der Waals surface area (Å²) in [5.74, 6) is -2.60. The summed E-state index contributed by atoms with van der Waals surface area (Å²) in [5.41, 5.74) is 10.5. The van der Waals surface area contributed by atoms with E-state index in [1.807, 2.05) is 0 Å². The Morgan fingerprint density at radius 3 is 2.21 bits per heavy atom. The van der Waals surface area contributed by atoms with Crippen LogP contribution < -0.4 is 16.6 Å². The maximum absolute atomic E-state index is 11.5. The number of nitrogens with two attached hydrogens (primary N) is 2. The highest BCUT2D eigenvalue weighted by molar-refractivity contribution is 7.94. The van der Waals surface area contributed by atoms with E-state index in [-0.39, 0.29) is 10.7 Å². The number of benzene rings is 1. The molecule has 0 fully saturated rings. The standard InChI is InChI=1S/C9H10O6S2.C4H9N3/c1-14-15-16-7-2-4-8(5-3-7)17(12,13)6-9(10)11;1-3(5)2-4(6)7/h2-5H,6H2,1H3,(H,10,11);1-2,5H2,(H3,6,7)/p-1. The van der Waals surface area contributed by atoms with E-state index in [0.29, 0.717) is 17.0 Å². The molecule has 1 aromatic carbocycles. The van der Waals surface area contributed by atoms with Crippen LogP contribution in [-0.4, -0.2) is 33.1 Å². The van der Waals surface area contributed by atoms with Crippen molar-refractivity contribution in [2.75, 3.05) is 12.9 Å². The first kappa shape index (κ1) is 21.9. The molecule has 0 heterocycles. The molecule has 0 bridgehead atoms. The molecule has 11 heteroatoms. The first-order valence-electron chi connectivity index (χ1n) is 6.24. The molecule has 0 unspecified atom stereocenters. The molecule has 0 aliphatic heterocycles. The predicted octanol–water partition coefficient (Wildman–Crippen LogP) is -0.420. The molecule has 0 amide bonds. The fraction of sp³-hybridized carbons (Fsp3) is 0.231. The number of sulfone groups is 1. The van der Waals surface area contributed by atoms with Gasteiger partial charge >= 0.3 is 0 Å². The summed E-state index contributed by atoms with van der Waals surface area (Å²) in [5, 5.41) is 16.9. The summed E-state index contributed by atoms with van der Waals surface area (Å²) in [4.78, 5) is 15.2. The van der Waals surface area contributed by atoms with Gasteiger partial charge in [0.15, 0.2) is 9.84 Å². The lowest BCUT2D eigenvalue weighted by Crippen LogP contribution is -2.30. The number of hydrogen-bond acceptors (Lipinski definition) is 9. The van der Waals surface area contributed by atoms with Crippen molar-refractivity contribution in [3.63, 3.8) is 0 Å². The molecule has 5 N–H and O–H groups in total. The summed E-state index contributed by atoms with van der Waals surface area (Å²) in [6.45, 7) is 3.35. The number of carboxylic acids is 1. The topological polar surface area (TPSA) is 169 Å². The highest BCUT2D eigenvalue weighted by Gasteiger charge is 2.14. The second kappa shape index (κ2) is 10.6. The fourth-order valence-electron chi connectivity index (χ4n) is 1.26. The van der Waals surface area contributed by atoms with E-state index in [4.69, 9.17) is 16.9 Å². The van der Waals surface area contributed by atoms with Gasteiger partial charge in [-0.2, -0.15) is 4.33 Å². The van der Waals surface area contributed by atoms with Gasteiger partial charge in [-0.1, -0.05) is 6.58 Å². The zero-order valence-electron chi connectivity index (χ0n) is 12.9.